The van der Waals surface area contributed by atoms with Crippen LogP contribution >= 0.6 is 0 Å². The summed E-state index contributed by atoms with van der Waals surface area (Å²) in [6.45, 7) is 12.5. The number of aliphatic hydroxyl groups is 2. The van der Waals surface area contributed by atoms with Crippen LogP contribution in [0.5, 0.6) is 0 Å². The first-order valence-electron chi connectivity index (χ1n) is 26.0. The largest absolute Gasteiger partial charge is 0.391 e. The molecule has 0 aromatic heterocycles. The molecule has 25 nitrogen and oxygen atoms in total. The quantitative estimate of drug-likeness (QED) is 0.0418. The second-order valence-electron chi connectivity index (χ2n) is 19.3. The monoisotopic (exact) mass is 1040 g/mol. The maximum absolute atomic E-state index is 14.3. The van der Waals surface area contributed by atoms with Gasteiger partial charge >= 0.3 is 0 Å². The van der Waals surface area contributed by atoms with E-state index in [2.05, 4.69) is 60.1 Å². The van der Waals surface area contributed by atoms with E-state index in [1.54, 1.807) is 34.6 Å². The van der Waals surface area contributed by atoms with Crippen molar-refractivity contribution in [2.24, 2.45) is 29.0 Å². The van der Waals surface area contributed by atoms with Crippen LogP contribution in [0.2, 0.25) is 0 Å². The molecule has 0 aromatic rings. The molecule has 1 aliphatic heterocycles. The van der Waals surface area contributed by atoms with Gasteiger partial charge in [0.1, 0.15) is 54.4 Å². The molecule has 1 saturated heterocycles. The molecular weight excluding hydrogens is 951 g/mol. The van der Waals surface area contributed by atoms with Crippen molar-refractivity contribution in [3.05, 3.63) is 0 Å². The molecule has 1 rings (SSSR count). The molecular formula is C48H89N13O12. The fourth-order valence-electron chi connectivity index (χ4n) is 7.85. The van der Waals surface area contributed by atoms with Gasteiger partial charge in [-0.15, -0.1) is 0 Å². The minimum absolute atomic E-state index is 0.0352. The lowest BCUT2D eigenvalue weighted by molar-refractivity contribution is -0.137. The summed E-state index contributed by atoms with van der Waals surface area (Å²) >= 11 is 0. The Bertz CT molecular complexity index is 1800. The van der Waals surface area contributed by atoms with E-state index in [1.165, 1.54) is 13.8 Å². The number of nitrogens with one attached hydrogen (secondary N) is 10. The minimum Gasteiger partial charge on any atom is -0.391 e. The lowest BCUT2D eigenvalue weighted by Crippen LogP contribution is -2.61. The Kier molecular flexibility index (Phi) is 31.3. The normalized spacial score (nSPS) is 24.4. The molecule has 10 amide bonds. The van der Waals surface area contributed by atoms with Crippen molar-refractivity contribution in [2.75, 3.05) is 26.2 Å². The summed E-state index contributed by atoms with van der Waals surface area (Å²) in [5.41, 5.74) is 17.5. The highest BCUT2D eigenvalue weighted by Gasteiger charge is 2.37. The number of amides is 10. The zero-order valence-corrected chi connectivity index (χ0v) is 44.2. The molecule has 418 valence electrons. The number of carbonyl (C=O) groups excluding carboxylic acids is 10. The van der Waals surface area contributed by atoms with Crippen LogP contribution in [-0.2, 0) is 47.9 Å². The molecule has 0 saturated carbocycles. The molecule has 18 N–H and O–H groups in total. The maximum Gasteiger partial charge on any atom is 0.245 e. The number of aliphatic hydroxyl groups excluding tert-OH is 2. The lowest BCUT2D eigenvalue weighted by Gasteiger charge is -2.30. The number of unbranched alkanes of at least 4 members (excludes halogenated alkanes) is 4. The van der Waals surface area contributed by atoms with Crippen LogP contribution in [0.25, 0.3) is 0 Å². The van der Waals surface area contributed by atoms with Gasteiger partial charge in [0.05, 0.1) is 12.2 Å². The molecule has 0 radical (unpaired) electrons. The van der Waals surface area contributed by atoms with Crippen molar-refractivity contribution in [3.63, 3.8) is 0 Å². The van der Waals surface area contributed by atoms with Crippen molar-refractivity contribution in [1.82, 2.24) is 53.2 Å². The van der Waals surface area contributed by atoms with Crippen molar-refractivity contribution >= 4 is 59.1 Å². The maximum atomic E-state index is 14.3. The molecule has 73 heavy (non-hydrogen) atoms. The topological polar surface area (TPSA) is 410 Å². The summed E-state index contributed by atoms with van der Waals surface area (Å²) in [6, 6.07) is -12.5. The van der Waals surface area contributed by atoms with Crippen LogP contribution in [0.15, 0.2) is 0 Å². The Morgan fingerprint density at radius 1 is 0.589 bits per heavy atom. The Labute approximate surface area is 430 Å². The molecule has 12 atom stereocenters. The second kappa shape index (κ2) is 34.8. The van der Waals surface area contributed by atoms with Gasteiger partial charge in [-0.05, 0) is 90.3 Å². The van der Waals surface area contributed by atoms with Gasteiger partial charge in [0.25, 0.3) is 0 Å². The summed E-state index contributed by atoms with van der Waals surface area (Å²) in [7, 11) is 0. The van der Waals surface area contributed by atoms with Gasteiger partial charge in [-0.2, -0.15) is 0 Å². The highest BCUT2D eigenvalue weighted by Crippen LogP contribution is 2.13. The standard InChI is InChI=1S/C48H89N13O12/c1-9-12-13-14-15-16-36(64)59-39(29(8)63)48(73)53-30(11-3)40(65)57-34-20-24-52-46(71)38(28(7)62)61-44(69)33(19-23-51)54-41(66)31(17-21-49)56-45(70)35(25-26(4)5)58-47(72)37(27(6)10-2)60-43(68)32(18-22-50)55-42(34)67/h26-35,37-39,62-63H,9-25,49-51H2,1-8H3,(H,52,71)(H,53,73)(H,54,66)(H,55,67)(H,56,70)(H,57,65)(H,58,72)(H,59,64)(H,60,68)(H,61,69)/t27-,28+,29+,30-,31-,32-,33-,34-,35-,37+,38-,39-/m0/s1. The first-order chi connectivity index (χ1) is 34.5. The van der Waals surface area contributed by atoms with Crippen molar-refractivity contribution in [2.45, 2.75) is 205 Å². The van der Waals surface area contributed by atoms with Crippen molar-refractivity contribution in [1.29, 1.82) is 0 Å². The summed E-state index contributed by atoms with van der Waals surface area (Å²) in [5, 5.41) is 46.9. The van der Waals surface area contributed by atoms with Crippen LogP contribution in [0.4, 0.5) is 0 Å². The Morgan fingerprint density at radius 2 is 1.08 bits per heavy atom. The molecule has 0 aromatic carbocycles. The third-order valence-corrected chi connectivity index (χ3v) is 12.5. The van der Waals surface area contributed by atoms with E-state index >= 15 is 0 Å². The number of rotatable bonds is 24. The molecule has 1 heterocycles. The average Bonchev–Trinajstić information content (AvgIpc) is 3.33. The molecule has 1 fully saturated rings. The third kappa shape index (κ3) is 23.5. The molecule has 0 unspecified atom stereocenters. The van der Waals surface area contributed by atoms with E-state index in [0.29, 0.717) is 12.8 Å². The first kappa shape index (κ1) is 65.5. The van der Waals surface area contributed by atoms with Crippen molar-refractivity contribution in [3.8, 4) is 0 Å². The molecule has 0 bridgehead atoms. The summed E-state index contributed by atoms with van der Waals surface area (Å²) in [5.74, 6) is -8.93. The Hall–Kier alpha value is -5.50. The highest BCUT2D eigenvalue weighted by atomic mass is 16.3. The highest BCUT2D eigenvalue weighted by molar-refractivity contribution is 5.98. The van der Waals surface area contributed by atoms with Gasteiger partial charge in [0, 0.05) is 13.0 Å². The van der Waals surface area contributed by atoms with Gasteiger partial charge in [-0.1, -0.05) is 73.6 Å². The predicted octanol–water partition coefficient (Wildman–Crippen LogP) is -3.46. The van der Waals surface area contributed by atoms with Gasteiger partial charge in [0.2, 0.25) is 59.1 Å². The molecule has 0 spiro atoms. The SMILES string of the molecule is CCCCCCCC(=O)N[C@H](C(=O)N[C@@H](CC)C(=O)N[C@H]1CCNC(=O)[C@H]([C@@H](C)O)NC(=O)[C@H](CCN)NC(=O)[C@H](CCN)NC(=O)[C@H](CC(C)C)NC(=O)[C@@H]([C@@H](C)CC)NC(=O)[C@H](CCN)NC1=O)[C@@H](C)O. The van der Waals surface area contributed by atoms with E-state index < -0.39 is 132 Å². The van der Waals surface area contributed by atoms with Gasteiger partial charge in [0.15, 0.2) is 0 Å². The van der Waals surface area contributed by atoms with E-state index in [-0.39, 0.29) is 77.0 Å². The summed E-state index contributed by atoms with van der Waals surface area (Å²) < 4.78 is 0. The van der Waals surface area contributed by atoms with Crippen LogP contribution in [-0.4, -0.2) is 162 Å². The van der Waals surface area contributed by atoms with E-state index in [1.807, 2.05) is 0 Å². The molecule has 0 aliphatic carbocycles. The fraction of sp³-hybridized carbons (Fsp3) is 0.792. The smallest absolute Gasteiger partial charge is 0.245 e. The summed E-state index contributed by atoms with van der Waals surface area (Å²) in [4.78, 5) is 138. The van der Waals surface area contributed by atoms with E-state index in [0.717, 1.165) is 25.7 Å². The number of hydrogen-bond acceptors (Lipinski definition) is 15. The van der Waals surface area contributed by atoms with Gasteiger partial charge in [-0.3, -0.25) is 47.9 Å². The predicted molar refractivity (Wildman–Crippen MR) is 272 cm³/mol. The summed E-state index contributed by atoms with van der Waals surface area (Å²) in [6.07, 6.45) is 1.25. The molecule has 1 aliphatic rings. The Morgan fingerprint density at radius 3 is 1.56 bits per heavy atom. The minimum atomic E-state index is -1.63. The van der Waals surface area contributed by atoms with Crippen LogP contribution < -0.4 is 70.4 Å². The van der Waals surface area contributed by atoms with E-state index in [9.17, 15) is 58.2 Å². The average molecular weight is 1040 g/mol. The second-order valence-corrected chi connectivity index (χ2v) is 19.3. The zero-order valence-electron chi connectivity index (χ0n) is 44.2. The number of nitrogens with two attached hydrogens (primary N) is 3. The zero-order chi connectivity index (χ0) is 55.4. The number of hydrogen-bond donors (Lipinski definition) is 15. The van der Waals surface area contributed by atoms with Gasteiger partial charge < -0.3 is 80.6 Å². The fourth-order valence-corrected chi connectivity index (χ4v) is 7.85. The van der Waals surface area contributed by atoms with Crippen LogP contribution in [0.1, 0.15) is 139 Å². The van der Waals surface area contributed by atoms with Crippen molar-refractivity contribution < 1.29 is 58.2 Å². The number of carbonyl (C=O) groups is 10. The van der Waals surface area contributed by atoms with Crippen LogP contribution in [0, 0.1) is 11.8 Å². The molecule has 25 heteroatoms. The van der Waals surface area contributed by atoms with Gasteiger partial charge in [-0.25, -0.2) is 0 Å². The Balaban J connectivity index is 3.80. The lowest BCUT2D eigenvalue weighted by atomic mass is 9.96. The third-order valence-electron chi connectivity index (χ3n) is 12.5. The first-order valence-corrected chi connectivity index (χ1v) is 26.0. The van der Waals surface area contributed by atoms with E-state index in [4.69, 9.17) is 17.2 Å². The van der Waals surface area contributed by atoms with Crippen LogP contribution in [0.3, 0.4) is 0 Å².